The molecule has 0 aliphatic rings. The van der Waals surface area contributed by atoms with Crippen LogP contribution in [0, 0.1) is 20.8 Å². The molecule has 2 rings (SSSR count). The minimum absolute atomic E-state index is 0.843. The predicted molar refractivity (Wildman–Crippen MR) is 86.4 cm³/mol. The molecule has 0 atom stereocenters. The Morgan fingerprint density at radius 1 is 1.05 bits per heavy atom. The number of aryl methyl sites for hydroxylation is 4. The Kier molecular flexibility index (Phi) is 4.87. The molecule has 1 heterocycles. The van der Waals surface area contributed by atoms with Crippen molar-refractivity contribution in [3.63, 3.8) is 0 Å². The Hall–Kier alpha value is -1.28. The monoisotopic (exact) mass is 273 g/mol. The van der Waals surface area contributed by atoms with Crippen LogP contribution in [-0.4, -0.2) is 6.54 Å². The van der Waals surface area contributed by atoms with Gasteiger partial charge in [0.1, 0.15) is 11.3 Å². The third-order valence-electron chi connectivity index (χ3n) is 4.06. The Morgan fingerprint density at radius 3 is 2.45 bits per heavy atom. The van der Waals surface area contributed by atoms with Gasteiger partial charge in [-0.15, -0.1) is 0 Å². The Balaban J connectivity index is 2.54. The lowest BCUT2D eigenvalue weighted by Crippen LogP contribution is -2.14. The maximum atomic E-state index is 6.23. The van der Waals surface area contributed by atoms with E-state index >= 15 is 0 Å². The van der Waals surface area contributed by atoms with Crippen molar-refractivity contribution in [3.8, 4) is 0 Å². The van der Waals surface area contributed by atoms with Crippen LogP contribution in [0.1, 0.15) is 54.7 Å². The summed E-state index contributed by atoms with van der Waals surface area (Å²) in [6.45, 7) is 12.8. The standard InChI is InChI=1S/C18H27NO/c1-6-8-15-16(11-19-9-7-2)20-18-14(5)12(3)10-13(4)17(15)18/h10,19H,6-9,11H2,1-5H3. The van der Waals surface area contributed by atoms with Crippen molar-refractivity contribution in [2.45, 2.75) is 60.4 Å². The van der Waals surface area contributed by atoms with E-state index in [1.54, 1.807) is 0 Å². The van der Waals surface area contributed by atoms with Crippen molar-refractivity contribution < 1.29 is 4.42 Å². The van der Waals surface area contributed by atoms with Crippen molar-refractivity contribution in [3.05, 3.63) is 34.1 Å². The highest BCUT2D eigenvalue weighted by atomic mass is 16.3. The summed E-state index contributed by atoms with van der Waals surface area (Å²) in [4.78, 5) is 0. The third-order valence-corrected chi connectivity index (χ3v) is 4.06. The molecule has 1 aromatic heterocycles. The van der Waals surface area contributed by atoms with E-state index in [2.05, 4.69) is 46.0 Å². The summed E-state index contributed by atoms with van der Waals surface area (Å²) in [5.41, 5.74) is 6.45. The number of hydrogen-bond acceptors (Lipinski definition) is 2. The fraction of sp³-hybridized carbons (Fsp3) is 0.556. The van der Waals surface area contributed by atoms with Crippen LogP contribution in [0.5, 0.6) is 0 Å². The maximum Gasteiger partial charge on any atom is 0.138 e. The van der Waals surface area contributed by atoms with E-state index in [1.807, 2.05) is 0 Å². The van der Waals surface area contributed by atoms with E-state index in [4.69, 9.17) is 4.42 Å². The quantitative estimate of drug-likeness (QED) is 0.764. The van der Waals surface area contributed by atoms with Crippen molar-refractivity contribution in [2.75, 3.05) is 6.54 Å². The highest BCUT2D eigenvalue weighted by molar-refractivity contribution is 5.89. The highest BCUT2D eigenvalue weighted by Gasteiger charge is 2.17. The van der Waals surface area contributed by atoms with Gasteiger partial charge in [0.05, 0.1) is 6.54 Å². The first-order valence-corrected chi connectivity index (χ1v) is 7.81. The first-order chi connectivity index (χ1) is 9.60. The molecule has 0 saturated heterocycles. The molecule has 0 bridgehead atoms. The SMILES string of the molecule is CCCNCc1oc2c(C)c(C)cc(C)c2c1CCC. The fourth-order valence-corrected chi connectivity index (χ4v) is 2.91. The zero-order valence-electron chi connectivity index (χ0n) is 13.5. The van der Waals surface area contributed by atoms with Crippen LogP contribution in [0.4, 0.5) is 0 Å². The average molecular weight is 273 g/mol. The van der Waals surface area contributed by atoms with E-state index in [-0.39, 0.29) is 0 Å². The summed E-state index contributed by atoms with van der Waals surface area (Å²) in [5.74, 6) is 1.13. The van der Waals surface area contributed by atoms with E-state index in [0.29, 0.717) is 0 Å². The summed E-state index contributed by atoms with van der Waals surface area (Å²) in [7, 11) is 0. The lowest BCUT2D eigenvalue weighted by Gasteiger charge is -2.06. The molecule has 2 heteroatoms. The lowest BCUT2D eigenvalue weighted by molar-refractivity contribution is 0.505. The van der Waals surface area contributed by atoms with Gasteiger partial charge in [0, 0.05) is 10.9 Å². The molecule has 0 spiro atoms. The fourth-order valence-electron chi connectivity index (χ4n) is 2.91. The van der Waals surface area contributed by atoms with Crippen LogP contribution < -0.4 is 5.32 Å². The molecule has 1 N–H and O–H groups in total. The van der Waals surface area contributed by atoms with Crippen molar-refractivity contribution >= 4 is 11.0 Å². The van der Waals surface area contributed by atoms with Gasteiger partial charge in [-0.3, -0.25) is 0 Å². The molecule has 0 radical (unpaired) electrons. The molecule has 2 aromatic rings. The second-order valence-corrected chi connectivity index (χ2v) is 5.77. The normalized spacial score (nSPS) is 11.4. The van der Waals surface area contributed by atoms with Crippen LogP contribution in [0.3, 0.4) is 0 Å². The number of fused-ring (bicyclic) bond motifs is 1. The van der Waals surface area contributed by atoms with Gasteiger partial charge < -0.3 is 9.73 Å². The van der Waals surface area contributed by atoms with E-state index < -0.39 is 0 Å². The van der Waals surface area contributed by atoms with Gasteiger partial charge in [-0.2, -0.15) is 0 Å². The molecule has 20 heavy (non-hydrogen) atoms. The Morgan fingerprint density at radius 2 is 1.80 bits per heavy atom. The summed E-state index contributed by atoms with van der Waals surface area (Å²) in [5, 5.41) is 4.82. The van der Waals surface area contributed by atoms with Gasteiger partial charge in [-0.05, 0) is 56.8 Å². The molecule has 0 saturated carbocycles. The lowest BCUT2D eigenvalue weighted by atomic mass is 9.97. The van der Waals surface area contributed by atoms with Crippen molar-refractivity contribution in [1.29, 1.82) is 0 Å². The highest BCUT2D eigenvalue weighted by Crippen LogP contribution is 2.33. The van der Waals surface area contributed by atoms with Crippen LogP contribution in [0.2, 0.25) is 0 Å². The predicted octanol–water partition coefficient (Wildman–Crippen LogP) is 4.81. The molecule has 110 valence electrons. The maximum absolute atomic E-state index is 6.23. The topological polar surface area (TPSA) is 25.2 Å². The molecule has 0 unspecified atom stereocenters. The second kappa shape index (κ2) is 6.45. The van der Waals surface area contributed by atoms with E-state index in [0.717, 1.165) is 43.7 Å². The molecule has 0 fully saturated rings. The van der Waals surface area contributed by atoms with Gasteiger partial charge in [-0.25, -0.2) is 0 Å². The zero-order valence-corrected chi connectivity index (χ0v) is 13.5. The first-order valence-electron chi connectivity index (χ1n) is 7.81. The van der Waals surface area contributed by atoms with Crippen molar-refractivity contribution in [1.82, 2.24) is 5.32 Å². The molecular weight excluding hydrogens is 246 g/mol. The van der Waals surface area contributed by atoms with E-state index in [9.17, 15) is 0 Å². The Bertz CT molecular complexity index is 595. The first kappa shape index (κ1) is 15.1. The van der Waals surface area contributed by atoms with Crippen molar-refractivity contribution in [2.24, 2.45) is 0 Å². The van der Waals surface area contributed by atoms with Gasteiger partial charge in [0.2, 0.25) is 0 Å². The Labute approximate surface area is 122 Å². The molecular formula is C18H27NO. The zero-order chi connectivity index (χ0) is 14.7. The molecule has 2 nitrogen and oxygen atoms in total. The van der Waals surface area contributed by atoms with Gasteiger partial charge in [0.15, 0.2) is 0 Å². The smallest absolute Gasteiger partial charge is 0.138 e. The molecule has 0 aliphatic carbocycles. The minimum atomic E-state index is 0.843. The van der Waals surface area contributed by atoms with Crippen LogP contribution in [0.15, 0.2) is 10.5 Å². The second-order valence-electron chi connectivity index (χ2n) is 5.77. The average Bonchev–Trinajstić information content (AvgIpc) is 2.77. The number of nitrogens with one attached hydrogen (secondary N) is 1. The van der Waals surface area contributed by atoms with Gasteiger partial charge >= 0.3 is 0 Å². The third kappa shape index (κ3) is 2.76. The van der Waals surface area contributed by atoms with Gasteiger partial charge in [0.25, 0.3) is 0 Å². The van der Waals surface area contributed by atoms with Gasteiger partial charge in [-0.1, -0.05) is 26.3 Å². The van der Waals surface area contributed by atoms with E-state index in [1.165, 1.54) is 27.6 Å². The summed E-state index contributed by atoms with van der Waals surface area (Å²) >= 11 is 0. The van der Waals surface area contributed by atoms with Crippen LogP contribution in [-0.2, 0) is 13.0 Å². The number of benzene rings is 1. The number of furan rings is 1. The summed E-state index contributed by atoms with van der Waals surface area (Å²) in [6, 6.07) is 2.29. The number of rotatable bonds is 6. The largest absolute Gasteiger partial charge is 0.459 e. The molecule has 0 aliphatic heterocycles. The minimum Gasteiger partial charge on any atom is -0.459 e. The summed E-state index contributed by atoms with van der Waals surface area (Å²) in [6.07, 6.45) is 3.40. The van der Waals surface area contributed by atoms with Crippen LogP contribution >= 0.6 is 0 Å². The molecule has 1 aromatic carbocycles. The molecule has 0 amide bonds. The number of hydrogen-bond donors (Lipinski definition) is 1. The summed E-state index contributed by atoms with van der Waals surface area (Å²) < 4.78 is 6.23. The van der Waals surface area contributed by atoms with Crippen LogP contribution in [0.25, 0.3) is 11.0 Å².